The van der Waals surface area contributed by atoms with Crippen molar-refractivity contribution in [3.63, 3.8) is 0 Å². The maximum atomic E-state index is 13.8. The van der Waals surface area contributed by atoms with Crippen LogP contribution in [0.2, 0.25) is 0 Å². The van der Waals surface area contributed by atoms with E-state index in [1.54, 1.807) is 21.8 Å². The highest BCUT2D eigenvalue weighted by Crippen LogP contribution is 2.41. The molecule has 1 aliphatic carbocycles. The van der Waals surface area contributed by atoms with E-state index < -0.39 is 18.1 Å². The Balaban J connectivity index is 1.33. The standard InChI is InChI=1S/C22H28F2N6O4/c23-22(24)3-1-16(2-4-22)19(28-21(32)34-13-15-11-33-12-15)17-10-30-18(27-17)7-14(8-26-30)9-29-6-5-25-20(29)31/h7-8,10,15-16,19H,1-6,9,11-13H2,(H,25,31)(H,28,32). The first-order valence-corrected chi connectivity index (χ1v) is 11.6. The first-order valence-electron chi connectivity index (χ1n) is 11.6. The number of amides is 3. The lowest BCUT2D eigenvalue weighted by atomic mass is 9.81. The summed E-state index contributed by atoms with van der Waals surface area (Å²) in [7, 11) is 0. The number of alkyl carbamates (subject to hydrolysis) is 1. The summed E-state index contributed by atoms with van der Waals surface area (Å²) in [5, 5.41) is 10.0. The monoisotopic (exact) mass is 478 g/mol. The lowest BCUT2D eigenvalue weighted by Gasteiger charge is -2.33. The molecule has 12 heteroatoms. The van der Waals surface area contributed by atoms with Gasteiger partial charge in [0.05, 0.1) is 37.3 Å². The molecule has 34 heavy (non-hydrogen) atoms. The van der Waals surface area contributed by atoms with E-state index in [4.69, 9.17) is 9.47 Å². The Morgan fingerprint density at radius 3 is 2.82 bits per heavy atom. The molecule has 2 saturated heterocycles. The van der Waals surface area contributed by atoms with Crippen molar-refractivity contribution in [3.8, 4) is 0 Å². The molecule has 2 aliphatic heterocycles. The summed E-state index contributed by atoms with van der Waals surface area (Å²) in [5.41, 5.74) is 1.92. The molecular formula is C22H28F2N6O4. The van der Waals surface area contributed by atoms with Crippen molar-refractivity contribution >= 4 is 17.8 Å². The number of carbonyl (C=O) groups is 2. The van der Waals surface area contributed by atoms with E-state index in [0.29, 0.717) is 44.2 Å². The van der Waals surface area contributed by atoms with Gasteiger partial charge in [-0.3, -0.25) is 0 Å². The summed E-state index contributed by atoms with van der Waals surface area (Å²) in [4.78, 5) is 30.7. The van der Waals surface area contributed by atoms with Crippen LogP contribution in [0.1, 0.15) is 43.0 Å². The number of alkyl halides is 2. The van der Waals surface area contributed by atoms with Gasteiger partial charge in [-0.15, -0.1) is 0 Å². The molecule has 3 amide bonds. The van der Waals surface area contributed by atoms with Crippen LogP contribution in [0.15, 0.2) is 18.5 Å². The van der Waals surface area contributed by atoms with Crippen LogP contribution in [0.25, 0.3) is 5.65 Å². The number of halogens is 2. The average molecular weight is 479 g/mol. The highest BCUT2D eigenvalue weighted by atomic mass is 19.3. The number of carbonyl (C=O) groups excluding carboxylic acids is 2. The molecule has 3 aliphatic rings. The number of ether oxygens (including phenoxy) is 2. The van der Waals surface area contributed by atoms with Crippen LogP contribution in [-0.2, 0) is 16.0 Å². The molecular weight excluding hydrogens is 450 g/mol. The molecule has 1 saturated carbocycles. The summed E-state index contributed by atoms with van der Waals surface area (Å²) in [6, 6.07) is 1.15. The lowest BCUT2D eigenvalue weighted by molar-refractivity contribution is -0.0595. The molecule has 5 rings (SSSR count). The number of urea groups is 1. The zero-order valence-corrected chi connectivity index (χ0v) is 18.7. The van der Waals surface area contributed by atoms with Crippen LogP contribution in [0.5, 0.6) is 0 Å². The molecule has 0 bridgehead atoms. The minimum atomic E-state index is -2.68. The van der Waals surface area contributed by atoms with E-state index in [-0.39, 0.29) is 50.2 Å². The van der Waals surface area contributed by atoms with Crippen molar-refractivity contribution in [3.05, 3.63) is 29.7 Å². The van der Waals surface area contributed by atoms with Gasteiger partial charge < -0.3 is 25.0 Å². The number of imidazole rings is 1. The molecule has 10 nitrogen and oxygen atoms in total. The molecule has 0 aromatic carbocycles. The van der Waals surface area contributed by atoms with Crippen LogP contribution >= 0.6 is 0 Å². The number of nitrogens with one attached hydrogen (secondary N) is 2. The maximum Gasteiger partial charge on any atom is 0.407 e. The van der Waals surface area contributed by atoms with Gasteiger partial charge in [-0.1, -0.05) is 0 Å². The first-order chi connectivity index (χ1) is 16.4. The minimum absolute atomic E-state index is 0.116. The van der Waals surface area contributed by atoms with Gasteiger partial charge in [-0.05, 0) is 30.4 Å². The van der Waals surface area contributed by atoms with Gasteiger partial charge >= 0.3 is 12.1 Å². The molecule has 0 radical (unpaired) electrons. The Morgan fingerprint density at radius 2 is 2.15 bits per heavy atom. The van der Waals surface area contributed by atoms with Crippen LogP contribution in [0.4, 0.5) is 18.4 Å². The summed E-state index contributed by atoms with van der Waals surface area (Å²) < 4.78 is 39.6. The topological polar surface area (TPSA) is 110 Å². The minimum Gasteiger partial charge on any atom is -0.449 e. The second-order valence-corrected chi connectivity index (χ2v) is 9.30. The SMILES string of the molecule is O=C(NC(c1cn2ncc(CN3CCNC3=O)cc2n1)C1CCC(F)(F)CC1)OCC1COC1. The third-order valence-corrected chi connectivity index (χ3v) is 6.70. The fourth-order valence-electron chi connectivity index (χ4n) is 4.62. The molecule has 2 aromatic rings. The Bertz CT molecular complexity index is 1050. The van der Waals surface area contributed by atoms with E-state index in [1.807, 2.05) is 6.07 Å². The molecule has 3 fully saturated rings. The highest BCUT2D eigenvalue weighted by molar-refractivity contribution is 5.76. The smallest absolute Gasteiger partial charge is 0.407 e. The van der Waals surface area contributed by atoms with E-state index in [2.05, 4.69) is 20.7 Å². The third kappa shape index (κ3) is 5.06. The zero-order valence-electron chi connectivity index (χ0n) is 18.7. The summed E-state index contributed by atoms with van der Waals surface area (Å²) in [6.45, 7) is 3.02. The third-order valence-electron chi connectivity index (χ3n) is 6.70. The van der Waals surface area contributed by atoms with E-state index in [0.717, 1.165) is 5.56 Å². The number of fused-ring (bicyclic) bond motifs is 1. The summed E-state index contributed by atoms with van der Waals surface area (Å²) >= 11 is 0. The van der Waals surface area contributed by atoms with Crippen molar-refractivity contribution in [1.29, 1.82) is 0 Å². The van der Waals surface area contributed by atoms with Crippen molar-refractivity contribution in [2.24, 2.45) is 11.8 Å². The first kappa shape index (κ1) is 22.8. The number of aromatic nitrogens is 3. The van der Waals surface area contributed by atoms with Gasteiger partial charge in [0.2, 0.25) is 5.92 Å². The summed E-state index contributed by atoms with van der Waals surface area (Å²) in [5.74, 6) is -2.69. The van der Waals surface area contributed by atoms with Gasteiger partial charge in [-0.2, -0.15) is 5.10 Å². The summed E-state index contributed by atoms with van der Waals surface area (Å²) in [6.07, 6.45) is 2.87. The molecule has 0 spiro atoms. The highest BCUT2D eigenvalue weighted by Gasteiger charge is 2.39. The zero-order chi connectivity index (χ0) is 23.7. The van der Waals surface area contributed by atoms with Crippen LogP contribution < -0.4 is 10.6 Å². The van der Waals surface area contributed by atoms with Crippen molar-refractivity contribution < 1.29 is 27.8 Å². The van der Waals surface area contributed by atoms with E-state index in [1.165, 1.54) is 0 Å². The normalized spacial score (nSPS) is 21.8. The largest absolute Gasteiger partial charge is 0.449 e. The quantitative estimate of drug-likeness (QED) is 0.633. The Hall–Kier alpha value is -3.02. The number of nitrogens with zero attached hydrogens (tertiary/aromatic N) is 4. The number of rotatable bonds is 7. The predicted molar refractivity (Wildman–Crippen MR) is 115 cm³/mol. The molecule has 1 unspecified atom stereocenters. The molecule has 1 atom stereocenters. The average Bonchev–Trinajstić information content (AvgIpc) is 3.37. The maximum absolute atomic E-state index is 13.8. The van der Waals surface area contributed by atoms with E-state index in [9.17, 15) is 18.4 Å². The lowest BCUT2D eigenvalue weighted by Crippen LogP contribution is -2.39. The van der Waals surface area contributed by atoms with Crippen molar-refractivity contribution in [2.75, 3.05) is 32.9 Å². The van der Waals surface area contributed by atoms with Gasteiger partial charge in [-0.25, -0.2) is 27.9 Å². The van der Waals surface area contributed by atoms with Crippen LogP contribution in [-0.4, -0.2) is 70.5 Å². The second kappa shape index (κ2) is 9.32. The molecule has 4 heterocycles. The van der Waals surface area contributed by atoms with Crippen LogP contribution in [0.3, 0.4) is 0 Å². The fourth-order valence-corrected chi connectivity index (χ4v) is 4.62. The second-order valence-electron chi connectivity index (χ2n) is 9.30. The van der Waals surface area contributed by atoms with Gasteiger partial charge in [0, 0.05) is 38.4 Å². The fraction of sp³-hybridized carbons (Fsp3) is 0.636. The number of hydrogen-bond acceptors (Lipinski definition) is 6. The van der Waals surface area contributed by atoms with Crippen LogP contribution in [0, 0.1) is 11.8 Å². The Labute approximate surface area is 195 Å². The predicted octanol–water partition coefficient (Wildman–Crippen LogP) is 2.49. The molecule has 2 aromatic heterocycles. The molecule has 184 valence electrons. The molecule has 2 N–H and O–H groups in total. The number of hydrogen-bond donors (Lipinski definition) is 2. The Morgan fingerprint density at radius 1 is 1.35 bits per heavy atom. The van der Waals surface area contributed by atoms with Crippen molar-refractivity contribution in [2.45, 2.75) is 44.2 Å². The van der Waals surface area contributed by atoms with Crippen molar-refractivity contribution in [1.82, 2.24) is 30.1 Å². The van der Waals surface area contributed by atoms with Gasteiger partial charge in [0.1, 0.15) is 6.61 Å². The van der Waals surface area contributed by atoms with E-state index >= 15 is 0 Å². The van der Waals surface area contributed by atoms with Gasteiger partial charge in [0.25, 0.3) is 0 Å². The Kier molecular flexibility index (Phi) is 6.24. The van der Waals surface area contributed by atoms with Gasteiger partial charge in [0.15, 0.2) is 5.65 Å².